The van der Waals surface area contributed by atoms with E-state index in [9.17, 15) is 4.79 Å². The topological polar surface area (TPSA) is 94.0 Å². The molecule has 1 aromatic heterocycles. The standard InChI is InChI=1S/C33H32N6O/c1-4-39(5-2)31(34)25-16-15-22(3)29(21-25)36-32(40)24-17-19-26(20-18-24)35-33-37-28-14-10-9-13-27(28)30(38-33)23-11-7-6-8-12-23/h6-21,34H,4-5H2,1-3H3,(H,36,40)(H,35,37,38). The monoisotopic (exact) mass is 528 g/mol. The Kier molecular flexibility index (Phi) is 7.82. The number of rotatable bonds is 8. The molecular weight excluding hydrogens is 496 g/mol. The average molecular weight is 529 g/mol. The molecule has 200 valence electrons. The zero-order chi connectivity index (χ0) is 28.1. The van der Waals surface area contributed by atoms with Crippen LogP contribution in [0.15, 0.2) is 97.1 Å². The minimum absolute atomic E-state index is 0.213. The number of anilines is 3. The van der Waals surface area contributed by atoms with Gasteiger partial charge in [0.1, 0.15) is 5.84 Å². The van der Waals surface area contributed by atoms with Gasteiger partial charge in [-0.3, -0.25) is 10.2 Å². The van der Waals surface area contributed by atoms with E-state index >= 15 is 0 Å². The van der Waals surface area contributed by atoms with Gasteiger partial charge >= 0.3 is 0 Å². The highest BCUT2D eigenvalue weighted by atomic mass is 16.1. The zero-order valence-corrected chi connectivity index (χ0v) is 22.9. The van der Waals surface area contributed by atoms with Gasteiger partial charge in [-0.1, -0.05) is 60.7 Å². The van der Waals surface area contributed by atoms with Gasteiger partial charge in [-0.15, -0.1) is 0 Å². The van der Waals surface area contributed by atoms with Crippen LogP contribution in [-0.2, 0) is 0 Å². The predicted molar refractivity (Wildman–Crippen MR) is 164 cm³/mol. The third-order valence-corrected chi connectivity index (χ3v) is 6.89. The summed E-state index contributed by atoms with van der Waals surface area (Å²) in [4.78, 5) is 24.6. The summed E-state index contributed by atoms with van der Waals surface area (Å²) in [5.74, 6) is 0.717. The Morgan fingerprint density at radius 3 is 2.23 bits per heavy atom. The Morgan fingerprint density at radius 1 is 0.825 bits per heavy atom. The molecule has 0 fully saturated rings. The lowest BCUT2D eigenvalue weighted by Crippen LogP contribution is -2.30. The van der Waals surface area contributed by atoms with E-state index in [2.05, 4.69) is 10.6 Å². The van der Waals surface area contributed by atoms with Gasteiger partial charge in [0.05, 0.1) is 11.2 Å². The van der Waals surface area contributed by atoms with Crippen molar-refractivity contribution < 1.29 is 4.79 Å². The summed E-state index contributed by atoms with van der Waals surface area (Å²) in [5.41, 5.74) is 6.43. The van der Waals surface area contributed by atoms with Crippen LogP contribution in [0.4, 0.5) is 17.3 Å². The predicted octanol–water partition coefficient (Wildman–Crippen LogP) is 7.27. The van der Waals surface area contributed by atoms with E-state index < -0.39 is 0 Å². The molecule has 0 aliphatic rings. The maximum atomic E-state index is 13.1. The number of para-hydroxylation sites is 1. The maximum Gasteiger partial charge on any atom is 0.255 e. The van der Waals surface area contributed by atoms with Crippen molar-refractivity contribution in [2.75, 3.05) is 23.7 Å². The first-order chi connectivity index (χ1) is 19.5. The van der Waals surface area contributed by atoms with Crippen molar-refractivity contribution in [2.24, 2.45) is 0 Å². The van der Waals surface area contributed by atoms with Gasteiger partial charge in [0.15, 0.2) is 0 Å². The van der Waals surface area contributed by atoms with E-state index in [1.165, 1.54) is 0 Å². The smallest absolute Gasteiger partial charge is 0.255 e. The molecule has 0 saturated heterocycles. The molecule has 0 unspecified atom stereocenters. The quantitative estimate of drug-likeness (QED) is 0.145. The number of nitrogens with one attached hydrogen (secondary N) is 3. The number of carbonyl (C=O) groups excluding carboxylic acids is 1. The molecule has 0 aliphatic heterocycles. The van der Waals surface area contributed by atoms with Crippen LogP contribution in [0.1, 0.15) is 35.3 Å². The van der Waals surface area contributed by atoms with Gasteiger partial charge in [-0.05, 0) is 62.7 Å². The Hall–Kier alpha value is -5.04. The van der Waals surface area contributed by atoms with Gasteiger partial charge in [0.25, 0.3) is 5.91 Å². The normalized spacial score (nSPS) is 10.8. The SMILES string of the molecule is CCN(CC)C(=N)c1ccc(C)c(NC(=O)c2ccc(Nc3nc(-c4ccccc4)c4ccccc4n3)cc2)c1. The fourth-order valence-electron chi connectivity index (χ4n) is 4.60. The summed E-state index contributed by atoms with van der Waals surface area (Å²) in [6.07, 6.45) is 0. The molecule has 7 heteroatoms. The van der Waals surface area contributed by atoms with Crippen LogP contribution >= 0.6 is 0 Å². The molecule has 7 nitrogen and oxygen atoms in total. The molecule has 0 atom stereocenters. The van der Waals surface area contributed by atoms with Crippen molar-refractivity contribution in [1.29, 1.82) is 5.41 Å². The van der Waals surface area contributed by atoms with Crippen LogP contribution in [-0.4, -0.2) is 39.7 Å². The second-order valence-corrected chi connectivity index (χ2v) is 9.49. The number of carbonyl (C=O) groups is 1. The Labute approximate surface area is 234 Å². The fraction of sp³-hybridized carbons (Fsp3) is 0.152. The summed E-state index contributed by atoms with van der Waals surface area (Å²) in [5, 5.41) is 15.8. The summed E-state index contributed by atoms with van der Waals surface area (Å²) >= 11 is 0. The first kappa shape index (κ1) is 26.6. The lowest BCUT2D eigenvalue weighted by atomic mass is 10.1. The van der Waals surface area contributed by atoms with Crippen LogP contribution in [0.25, 0.3) is 22.2 Å². The van der Waals surface area contributed by atoms with Crippen LogP contribution in [0.5, 0.6) is 0 Å². The first-order valence-electron chi connectivity index (χ1n) is 13.4. The molecule has 4 aromatic carbocycles. The highest BCUT2D eigenvalue weighted by Gasteiger charge is 2.14. The largest absolute Gasteiger partial charge is 0.357 e. The van der Waals surface area contributed by atoms with E-state index in [1.54, 1.807) is 12.1 Å². The Balaban J connectivity index is 1.34. The molecule has 0 spiro atoms. The van der Waals surface area contributed by atoms with E-state index in [0.717, 1.165) is 52.1 Å². The van der Waals surface area contributed by atoms with Gasteiger partial charge < -0.3 is 15.5 Å². The summed E-state index contributed by atoms with van der Waals surface area (Å²) in [6.45, 7) is 7.51. The number of hydrogen-bond donors (Lipinski definition) is 3. The van der Waals surface area contributed by atoms with Gasteiger partial charge in [-0.2, -0.15) is 0 Å². The molecule has 0 radical (unpaired) electrons. The van der Waals surface area contributed by atoms with Crippen molar-refractivity contribution in [2.45, 2.75) is 20.8 Å². The van der Waals surface area contributed by atoms with Crippen LogP contribution < -0.4 is 10.6 Å². The van der Waals surface area contributed by atoms with Crippen molar-refractivity contribution >= 4 is 40.0 Å². The number of aromatic nitrogens is 2. The summed E-state index contributed by atoms with van der Waals surface area (Å²) in [6, 6.07) is 31.0. The van der Waals surface area contributed by atoms with Gasteiger partial charge in [0, 0.05) is 46.5 Å². The second kappa shape index (κ2) is 11.8. The number of aryl methyl sites for hydroxylation is 1. The van der Waals surface area contributed by atoms with E-state index in [1.807, 2.05) is 111 Å². The molecule has 1 amide bonds. The number of nitrogens with zero attached hydrogens (tertiary/aromatic N) is 3. The van der Waals surface area contributed by atoms with Crippen molar-refractivity contribution in [3.05, 3.63) is 114 Å². The summed E-state index contributed by atoms with van der Waals surface area (Å²) in [7, 11) is 0. The first-order valence-corrected chi connectivity index (χ1v) is 13.4. The van der Waals surface area contributed by atoms with Crippen LogP contribution in [0.2, 0.25) is 0 Å². The lowest BCUT2D eigenvalue weighted by Gasteiger charge is -2.22. The fourth-order valence-corrected chi connectivity index (χ4v) is 4.60. The number of benzene rings is 4. The minimum atomic E-state index is -0.213. The molecule has 40 heavy (non-hydrogen) atoms. The number of hydrogen-bond acceptors (Lipinski definition) is 5. The zero-order valence-electron chi connectivity index (χ0n) is 22.9. The third kappa shape index (κ3) is 5.68. The highest BCUT2D eigenvalue weighted by molar-refractivity contribution is 6.06. The molecule has 5 aromatic rings. The van der Waals surface area contributed by atoms with Crippen LogP contribution in [0, 0.1) is 12.3 Å². The van der Waals surface area contributed by atoms with Gasteiger partial charge in [0.2, 0.25) is 5.95 Å². The molecule has 3 N–H and O–H groups in total. The molecule has 1 heterocycles. The van der Waals surface area contributed by atoms with E-state index in [0.29, 0.717) is 23.0 Å². The van der Waals surface area contributed by atoms with E-state index in [-0.39, 0.29) is 5.91 Å². The van der Waals surface area contributed by atoms with Gasteiger partial charge in [-0.25, -0.2) is 9.97 Å². The Morgan fingerprint density at radius 2 is 1.50 bits per heavy atom. The van der Waals surface area contributed by atoms with E-state index in [4.69, 9.17) is 15.4 Å². The molecule has 0 bridgehead atoms. The lowest BCUT2D eigenvalue weighted by molar-refractivity contribution is 0.102. The second-order valence-electron chi connectivity index (χ2n) is 9.49. The molecular formula is C33H32N6O. The van der Waals surface area contributed by atoms with Crippen molar-refractivity contribution in [3.8, 4) is 11.3 Å². The number of fused-ring (bicyclic) bond motifs is 1. The Bertz CT molecular complexity index is 1660. The number of amidine groups is 1. The third-order valence-electron chi connectivity index (χ3n) is 6.89. The maximum absolute atomic E-state index is 13.1. The van der Waals surface area contributed by atoms with Crippen molar-refractivity contribution in [3.63, 3.8) is 0 Å². The number of amides is 1. The van der Waals surface area contributed by atoms with Crippen molar-refractivity contribution in [1.82, 2.24) is 14.9 Å². The minimum Gasteiger partial charge on any atom is -0.357 e. The molecule has 5 rings (SSSR count). The summed E-state index contributed by atoms with van der Waals surface area (Å²) < 4.78 is 0. The average Bonchev–Trinajstić information content (AvgIpc) is 2.99. The molecule has 0 aliphatic carbocycles. The van der Waals surface area contributed by atoms with Crippen LogP contribution in [0.3, 0.4) is 0 Å². The molecule has 0 saturated carbocycles. The highest BCUT2D eigenvalue weighted by Crippen LogP contribution is 2.28.